The summed E-state index contributed by atoms with van der Waals surface area (Å²) in [4.78, 5) is 29.3. The molecule has 3 aromatic rings. The van der Waals surface area contributed by atoms with Crippen molar-refractivity contribution in [3.05, 3.63) is 76.7 Å². The van der Waals surface area contributed by atoms with E-state index >= 15 is 0 Å². The van der Waals surface area contributed by atoms with Crippen LogP contribution in [0.2, 0.25) is 0 Å². The summed E-state index contributed by atoms with van der Waals surface area (Å²) in [6, 6.07) is 8.32. The van der Waals surface area contributed by atoms with E-state index in [0.717, 1.165) is 4.90 Å². The van der Waals surface area contributed by atoms with Crippen molar-refractivity contribution < 1.29 is 49.8 Å². The number of rotatable bonds is 9. The highest BCUT2D eigenvalue weighted by atomic mass is 19.4. The number of alkyl halides is 6. The van der Waals surface area contributed by atoms with Crippen molar-refractivity contribution >= 4 is 17.6 Å². The van der Waals surface area contributed by atoms with Crippen LogP contribution in [0.1, 0.15) is 42.1 Å². The zero-order valence-corrected chi connectivity index (χ0v) is 23.4. The molecule has 0 bridgehead atoms. The normalized spacial score (nSPS) is 12.9. The van der Waals surface area contributed by atoms with Crippen LogP contribution in [-0.4, -0.2) is 41.6 Å². The molecule has 0 atom stereocenters. The van der Waals surface area contributed by atoms with Gasteiger partial charge in [-0.15, -0.1) is 0 Å². The van der Waals surface area contributed by atoms with Crippen LogP contribution in [0.5, 0.6) is 11.5 Å². The molecule has 0 saturated heterocycles. The van der Waals surface area contributed by atoms with Gasteiger partial charge in [-0.3, -0.25) is 4.79 Å². The van der Waals surface area contributed by atoms with Crippen molar-refractivity contribution in [1.82, 2.24) is 9.80 Å². The van der Waals surface area contributed by atoms with E-state index in [-0.39, 0.29) is 38.4 Å². The molecule has 43 heavy (non-hydrogen) atoms. The molecule has 1 aliphatic heterocycles. The minimum atomic E-state index is -5.09. The lowest BCUT2D eigenvalue weighted by Gasteiger charge is -2.29. The largest absolute Gasteiger partial charge is 0.464 e. The molecule has 1 aliphatic rings. The molecule has 0 radical (unpaired) electrons. The number of ether oxygens (including phenoxy) is 2. The fourth-order valence-corrected chi connectivity index (χ4v) is 4.40. The maximum atomic E-state index is 13.6. The number of nitrogens with one attached hydrogen (secondary N) is 1. The fraction of sp³-hybridized carbons (Fsp3) is 0.379. The van der Waals surface area contributed by atoms with Crippen molar-refractivity contribution in [1.29, 1.82) is 0 Å². The molecule has 1 N–H and O–H groups in total. The number of amides is 3. The van der Waals surface area contributed by atoms with Crippen LogP contribution in [-0.2, 0) is 30.2 Å². The number of hydrogen-bond acceptors (Lipinski definition) is 5. The van der Waals surface area contributed by atoms with Crippen LogP contribution >= 0.6 is 0 Å². The Bertz CT molecular complexity index is 1440. The topological polar surface area (TPSA) is 84.2 Å². The number of aryl methyl sites for hydroxylation is 1. The monoisotopic (exact) mass is 613 g/mol. The van der Waals surface area contributed by atoms with E-state index in [0.29, 0.717) is 40.7 Å². The summed E-state index contributed by atoms with van der Waals surface area (Å²) in [7, 11) is 0. The van der Waals surface area contributed by atoms with Gasteiger partial charge in [0.1, 0.15) is 18.1 Å². The third kappa shape index (κ3) is 8.36. The summed E-state index contributed by atoms with van der Waals surface area (Å²) in [6.07, 6.45) is -10.2. The van der Waals surface area contributed by atoms with Gasteiger partial charge in [-0.2, -0.15) is 26.3 Å². The second-order valence-electron chi connectivity index (χ2n) is 10.4. The Labute approximate surface area is 243 Å². The van der Waals surface area contributed by atoms with Crippen LogP contribution in [0, 0.1) is 12.8 Å². The summed E-state index contributed by atoms with van der Waals surface area (Å²) in [5.41, 5.74) is -3.18. The number of carbonyl (C=O) groups is 2. The molecule has 0 unspecified atom stereocenters. The number of fused-ring (bicyclic) bond motifs is 1. The summed E-state index contributed by atoms with van der Waals surface area (Å²) in [5, 5.41) is 2.11. The van der Waals surface area contributed by atoms with Crippen LogP contribution in [0.4, 0.5) is 36.8 Å². The van der Waals surface area contributed by atoms with Crippen molar-refractivity contribution in [2.45, 2.75) is 46.2 Å². The lowest BCUT2D eigenvalue weighted by Crippen LogP contribution is -2.45. The van der Waals surface area contributed by atoms with Gasteiger partial charge in [0.15, 0.2) is 11.5 Å². The van der Waals surface area contributed by atoms with Crippen molar-refractivity contribution in [3.63, 3.8) is 0 Å². The number of carbonyl (C=O) groups excluding carboxylic acids is 2. The molecule has 2 aromatic carbocycles. The summed E-state index contributed by atoms with van der Waals surface area (Å²) in [6.45, 7) is 4.86. The van der Waals surface area contributed by atoms with E-state index in [2.05, 4.69) is 5.32 Å². The molecule has 0 spiro atoms. The van der Waals surface area contributed by atoms with E-state index in [1.54, 1.807) is 51.1 Å². The van der Waals surface area contributed by atoms with Crippen molar-refractivity contribution in [3.8, 4) is 11.5 Å². The molecular formula is C29H29F6N3O5. The second kappa shape index (κ2) is 12.5. The van der Waals surface area contributed by atoms with E-state index in [4.69, 9.17) is 13.9 Å². The molecule has 8 nitrogen and oxygen atoms in total. The molecule has 0 aliphatic carbocycles. The lowest BCUT2D eigenvalue weighted by atomic mass is 10.1. The Morgan fingerprint density at radius 1 is 0.860 bits per heavy atom. The highest BCUT2D eigenvalue weighted by molar-refractivity contribution is 5.92. The Balaban J connectivity index is 1.58. The number of anilines is 1. The average molecular weight is 614 g/mol. The predicted molar refractivity (Wildman–Crippen MR) is 142 cm³/mol. The smallest absolute Gasteiger partial charge is 0.416 e. The van der Waals surface area contributed by atoms with Gasteiger partial charge >= 0.3 is 18.4 Å². The van der Waals surface area contributed by atoms with E-state index in [1.165, 1.54) is 4.90 Å². The van der Waals surface area contributed by atoms with Gasteiger partial charge in [-0.25, -0.2) is 4.79 Å². The third-order valence-electron chi connectivity index (χ3n) is 6.34. The van der Waals surface area contributed by atoms with Gasteiger partial charge in [0, 0.05) is 18.8 Å². The number of urea groups is 1. The van der Waals surface area contributed by atoms with Crippen LogP contribution in [0.15, 0.2) is 52.9 Å². The quantitative estimate of drug-likeness (QED) is 0.261. The molecule has 14 heteroatoms. The number of hydrogen-bond donors (Lipinski definition) is 1. The molecule has 3 amide bonds. The zero-order chi connectivity index (χ0) is 31.5. The van der Waals surface area contributed by atoms with Gasteiger partial charge in [-0.1, -0.05) is 19.9 Å². The minimum absolute atomic E-state index is 0.0135. The summed E-state index contributed by atoms with van der Waals surface area (Å²) < 4.78 is 96.4. The first-order valence-corrected chi connectivity index (χ1v) is 13.2. The molecule has 0 saturated carbocycles. The Morgan fingerprint density at radius 3 is 2.09 bits per heavy atom. The number of furan rings is 1. The molecular weight excluding hydrogens is 584 g/mol. The molecule has 232 valence electrons. The average Bonchev–Trinajstić information content (AvgIpc) is 3.54. The first-order chi connectivity index (χ1) is 20.1. The molecule has 0 fully saturated rings. The molecule has 4 rings (SSSR count). The highest BCUT2D eigenvalue weighted by Gasteiger charge is 2.37. The second-order valence-corrected chi connectivity index (χ2v) is 10.4. The standard InChI is InChI=1S/C29H29F6N3O5/c1-17(2)12-38(27(40)36-22-10-20(28(30,31)32)9-21(11-22)29(33,34)35)15-26(39)37(14-23-6-4-18(3)43-23)13-19-5-7-24-25(8-19)42-16-41-24/h4-11,17H,12-16H2,1-3H3,(H,36,40). The zero-order valence-electron chi connectivity index (χ0n) is 23.4. The molecule has 1 aromatic heterocycles. The van der Waals surface area contributed by atoms with Gasteiger partial charge in [0.25, 0.3) is 0 Å². The number of nitrogens with zero attached hydrogens (tertiary/aromatic N) is 2. The highest BCUT2D eigenvalue weighted by Crippen LogP contribution is 2.38. The SMILES string of the molecule is Cc1ccc(CN(Cc2ccc3c(c2)OCO3)C(=O)CN(CC(C)C)C(=O)Nc2cc(C(F)(F)F)cc(C(F)(F)F)c2)o1. The van der Waals surface area contributed by atoms with Gasteiger partial charge in [-0.05, 0) is 60.9 Å². The van der Waals surface area contributed by atoms with E-state index in [1.807, 2.05) is 0 Å². The lowest BCUT2D eigenvalue weighted by molar-refractivity contribution is -0.143. The Morgan fingerprint density at radius 2 is 1.51 bits per heavy atom. The number of halogens is 6. The summed E-state index contributed by atoms with van der Waals surface area (Å²) in [5.74, 6) is 1.40. The third-order valence-corrected chi connectivity index (χ3v) is 6.34. The van der Waals surface area contributed by atoms with Crippen LogP contribution in [0.25, 0.3) is 0 Å². The maximum absolute atomic E-state index is 13.6. The Kier molecular flexibility index (Phi) is 9.16. The van der Waals surface area contributed by atoms with Gasteiger partial charge in [0.05, 0.1) is 17.7 Å². The fourth-order valence-electron chi connectivity index (χ4n) is 4.40. The van der Waals surface area contributed by atoms with Crippen LogP contribution < -0.4 is 14.8 Å². The van der Waals surface area contributed by atoms with E-state index in [9.17, 15) is 35.9 Å². The summed E-state index contributed by atoms with van der Waals surface area (Å²) >= 11 is 0. The number of benzene rings is 2. The first-order valence-electron chi connectivity index (χ1n) is 13.2. The molecule has 2 heterocycles. The van der Waals surface area contributed by atoms with Crippen molar-refractivity contribution in [2.24, 2.45) is 5.92 Å². The van der Waals surface area contributed by atoms with Gasteiger partial charge in [0.2, 0.25) is 12.7 Å². The van der Waals surface area contributed by atoms with Crippen LogP contribution in [0.3, 0.4) is 0 Å². The predicted octanol–water partition coefficient (Wildman–Crippen LogP) is 7.07. The minimum Gasteiger partial charge on any atom is -0.464 e. The Hall–Kier alpha value is -4.36. The first kappa shape index (κ1) is 31.6. The van der Waals surface area contributed by atoms with E-state index < -0.39 is 47.6 Å². The van der Waals surface area contributed by atoms with Gasteiger partial charge < -0.3 is 29.0 Å². The van der Waals surface area contributed by atoms with Crippen molar-refractivity contribution in [2.75, 3.05) is 25.2 Å². The maximum Gasteiger partial charge on any atom is 0.416 e.